The van der Waals surface area contributed by atoms with Crippen molar-refractivity contribution in [2.24, 2.45) is 0 Å². The van der Waals surface area contributed by atoms with E-state index in [2.05, 4.69) is 5.32 Å². The number of aryl methyl sites for hydroxylation is 1. The molecule has 0 amide bonds. The number of carboxylic acid groups (broad SMARTS) is 2. The van der Waals surface area contributed by atoms with Crippen LogP contribution in [0.25, 0.3) is 0 Å². The lowest BCUT2D eigenvalue weighted by molar-refractivity contribution is 0.0696. The van der Waals surface area contributed by atoms with Gasteiger partial charge in [-0.2, -0.15) is 0 Å². The van der Waals surface area contributed by atoms with Crippen molar-refractivity contribution < 1.29 is 29.4 Å². The summed E-state index contributed by atoms with van der Waals surface area (Å²) in [7, 11) is 0. The van der Waals surface area contributed by atoms with Crippen molar-refractivity contribution >= 4 is 34.9 Å². The monoisotopic (exact) mass is 415 g/mol. The summed E-state index contributed by atoms with van der Waals surface area (Å²) in [6.07, 6.45) is 0. The molecule has 0 saturated carbocycles. The fourth-order valence-electron chi connectivity index (χ4n) is 3.79. The Kier molecular flexibility index (Phi) is 4.66. The molecule has 0 atom stereocenters. The van der Waals surface area contributed by atoms with Crippen LogP contribution in [0.5, 0.6) is 0 Å². The van der Waals surface area contributed by atoms with Crippen LogP contribution in [0.15, 0.2) is 48.5 Å². The first kappa shape index (κ1) is 20.0. The molecule has 0 radical (unpaired) electrons. The lowest BCUT2D eigenvalue weighted by Crippen LogP contribution is -2.24. The Morgan fingerprint density at radius 2 is 1.29 bits per heavy atom. The Morgan fingerprint density at radius 3 is 1.81 bits per heavy atom. The van der Waals surface area contributed by atoms with Gasteiger partial charge >= 0.3 is 11.9 Å². The summed E-state index contributed by atoms with van der Waals surface area (Å²) >= 11 is 0. The van der Waals surface area contributed by atoms with E-state index in [1.165, 1.54) is 12.1 Å². The molecule has 3 aromatic rings. The zero-order valence-corrected chi connectivity index (χ0v) is 16.6. The highest BCUT2D eigenvalue weighted by Gasteiger charge is 2.33. The minimum atomic E-state index is -1.28. The number of nitrogens with one attached hydrogen (secondary N) is 1. The van der Waals surface area contributed by atoms with E-state index in [1.807, 2.05) is 0 Å². The molecule has 0 fully saturated rings. The van der Waals surface area contributed by atoms with Crippen LogP contribution in [-0.2, 0) is 0 Å². The Balaban J connectivity index is 1.92. The number of carboxylic acids is 2. The van der Waals surface area contributed by atoms with Gasteiger partial charge in [-0.05, 0) is 49.2 Å². The summed E-state index contributed by atoms with van der Waals surface area (Å²) in [6.45, 7) is 3.57. The molecule has 1 aliphatic rings. The molecule has 3 N–H and O–H groups in total. The van der Waals surface area contributed by atoms with Crippen LogP contribution in [0.4, 0.5) is 11.4 Å². The SMILES string of the molecule is Cc1cc(Nc2cc(C(=O)O)cc(C(=O)O)c2)c2c(c1C)C(=O)c1ccccc1C2=O. The average Bonchev–Trinajstić information content (AvgIpc) is 2.74. The van der Waals surface area contributed by atoms with Gasteiger partial charge in [-0.1, -0.05) is 24.3 Å². The molecule has 4 rings (SSSR count). The molecule has 0 aliphatic heterocycles. The van der Waals surface area contributed by atoms with E-state index in [0.717, 1.165) is 11.6 Å². The third-order valence-corrected chi connectivity index (χ3v) is 5.42. The molecule has 7 nitrogen and oxygen atoms in total. The molecular formula is C24H17NO6. The number of carbonyl (C=O) groups excluding carboxylic acids is 2. The summed E-state index contributed by atoms with van der Waals surface area (Å²) in [4.78, 5) is 49.3. The maximum Gasteiger partial charge on any atom is 0.335 e. The number of benzene rings is 3. The van der Waals surface area contributed by atoms with Crippen molar-refractivity contribution in [2.75, 3.05) is 5.32 Å². The molecule has 7 heteroatoms. The first-order valence-corrected chi connectivity index (χ1v) is 9.40. The van der Waals surface area contributed by atoms with E-state index in [-0.39, 0.29) is 39.5 Å². The van der Waals surface area contributed by atoms with Gasteiger partial charge < -0.3 is 15.5 Å². The third-order valence-electron chi connectivity index (χ3n) is 5.42. The molecular weight excluding hydrogens is 398 g/mol. The van der Waals surface area contributed by atoms with Gasteiger partial charge in [0.15, 0.2) is 11.6 Å². The zero-order valence-electron chi connectivity index (χ0n) is 16.6. The molecule has 0 spiro atoms. The zero-order chi connectivity index (χ0) is 22.4. The minimum Gasteiger partial charge on any atom is -0.478 e. The van der Waals surface area contributed by atoms with E-state index in [4.69, 9.17) is 0 Å². The van der Waals surface area contributed by atoms with Crippen LogP contribution in [0, 0.1) is 13.8 Å². The standard InChI is InChI=1S/C24H17NO6/c1-11-7-18(25-15-9-13(23(28)29)8-14(10-15)24(30)31)20-19(12(11)2)21(26)16-5-3-4-6-17(16)22(20)27/h3-10,25H,1-2H3,(H,28,29)(H,30,31). The highest BCUT2D eigenvalue weighted by Crippen LogP contribution is 2.37. The van der Waals surface area contributed by atoms with E-state index >= 15 is 0 Å². The maximum atomic E-state index is 13.3. The molecule has 0 heterocycles. The van der Waals surface area contributed by atoms with Gasteiger partial charge in [0.05, 0.1) is 22.4 Å². The van der Waals surface area contributed by atoms with Gasteiger partial charge in [-0.3, -0.25) is 9.59 Å². The number of aromatic carboxylic acids is 2. The van der Waals surface area contributed by atoms with Gasteiger partial charge in [0.1, 0.15) is 0 Å². The minimum absolute atomic E-state index is 0.182. The highest BCUT2D eigenvalue weighted by atomic mass is 16.4. The predicted octanol–water partition coefficient (Wildman–Crippen LogP) is 4.22. The molecule has 0 saturated heterocycles. The number of hydrogen-bond acceptors (Lipinski definition) is 5. The lowest BCUT2D eigenvalue weighted by atomic mass is 9.80. The van der Waals surface area contributed by atoms with Gasteiger partial charge in [0.2, 0.25) is 0 Å². The summed E-state index contributed by atoms with van der Waals surface area (Å²) in [6, 6.07) is 11.9. The largest absolute Gasteiger partial charge is 0.478 e. The smallest absolute Gasteiger partial charge is 0.335 e. The molecule has 0 bridgehead atoms. The summed E-state index contributed by atoms with van der Waals surface area (Å²) in [5.41, 5.74) is 2.60. The van der Waals surface area contributed by atoms with Crippen LogP contribution in [0.3, 0.4) is 0 Å². The molecule has 0 aromatic heterocycles. The molecule has 154 valence electrons. The van der Waals surface area contributed by atoms with Crippen LogP contribution in [0.1, 0.15) is 63.7 Å². The first-order valence-electron chi connectivity index (χ1n) is 9.40. The first-order chi connectivity index (χ1) is 14.7. The molecule has 3 aromatic carbocycles. The van der Waals surface area contributed by atoms with E-state index < -0.39 is 11.9 Å². The van der Waals surface area contributed by atoms with Crippen LogP contribution in [0.2, 0.25) is 0 Å². The number of rotatable bonds is 4. The highest BCUT2D eigenvalue weighted by molar-refractivity contribution is 6.30. The number of fused-ring (bicyclic) bond motifs is 2. The van der Waals surface area contributed by atoms with Crippen molar-refractivity contribution in [3.05, 3.63) is 93.0 Å². The second-order valence-electron chi connectivity index (χ2n) is 7.35. The molecule has 1 aliphatic carbocycles. The maximum absolute atomic E-state index is 13.3. The van der Waals surface area contributed by atoms with E-state index in [0.29, 0.717) is 22.4 Å². The second kappa shape index (κ2) is 7.21. The average molecular weight is 415 g/mol. The Morgan fingerprint density at radius 1 is 0.774 bits per heavy atom. The van der Waals surface area contributed by atoms with Crippen LogP contribution in [-0.4, -0.2) is 33.7 Å². The summed E-state index contributed by atoms with van der Waals surface area (Å²) < 4.78 is 0. The quantitative estimate of drug-likeness (QED) is 0.456. The van der Waals surface area contributed by atoms with Gasteiger partial charge in [-0.15, -0.1) is 0 Å². The fraction of sp³-hybridized carbons (Fsp3) is 0.0833. The number of hydrogen-bond donors (Lipinski definition) is 3. The molecule has 0 unspecified atom stereocenters. The summed E-state index contributed by atoms with van der Waals surface area (Å²) in [5.74, 6) is -3.16. The predicted molar refractivity (Wildman–Crippen MR) is 113 cm³/mol. The number of carbonyl (C=O) groups is 4. The van der Waals surface area contributed by atoms with Crippen molar-refractivity contribution in [2.45, 2.75) is 13.8 Å². The number of anilines is 2. The Labute approximate surface area is 177 Å². The second-order valence-corrected chi connectivity index (χ2v) is 7.35. The van der Waals surface area contributed by atoms with Gasteiger partial charge in [0.25, 0.3) is 0 Å². The lowest BCUT2D eigenvalue weighted by Gasteiger charge is -2.24. The van der Waals surface area contributed by atoms with Crippen molar-refractivity contribution in [3.63, 3.8) is 0 Å². The normalized spacial score (nSPS) is 12.2. The Hall–Kier alpha value is -4.26. The fourth-order valence-corrected chi connectivity index (χ4v) is 3.79. The Bertz CT molecular complexity index is 1290. The third kappa shape index (κ3) is 3.26. The van der Waals surface area contributed by atoms with Gasteiger partial charge in [-0.25, -0.2) is 9.59 Å². The van der Waals surface area contributed by atoms with E-state index in [9.17, 15) is 29.4 Å². The van der Waals surface area contributed by atoms with E-state index in [1.54, 1.807) is 44.2 Å². The topological polar surface area (TPSA) is 121 Å². The van der Waals surface area contributed by atoms with Crippen LogP contribution >= 0.6 is 0 Å². The van der Waals surface area contributed by atoms with Crippen molar-refractivity contribution in [3.8, 4) is 0 Å². The van der Waals surface area contributed by atoms with Gasteiger partial charge in [0, 0.05) is 22.4 Å². The van der Waals surface area contributed by atoms with Crippen LogP contribution < -0.4 is 5.32 Å². The van der Waals surface area contributed by atoms with Crippen molar-refractivity contribution in [1.29, 1.82) is 0 Å². The summed E-state index contributed by atoms with van der Waals surface area (Å²) in [5, 5.41) is 21.6. The van der Waals surface area contributed by atoms with Crippen molar-refractivity contribution in [1.82, 2.24) is 0 Å². The number of ketones is 2. The molecule has 31 heavy (non-hydrogen) atoms.